The zero-order valence-electron chi connectivity index (χ0n) is 37.5. The summed E-state index contributed by atoms with van der Waals surface area (Å²) in [6.07, 6.45) is 36.8. The van der Waals surface area contributed by atoms with Crippen LogP contribution in [0.3, 0.4) is 0 Å². The van der Waals surface area contributed by atoms with Crippen molar-refractivity contribution in [1.29, 1.82) is 0 Å². The molecule has 0 aromatic heterocycles. The number of allylic oxidation sites excluding steroid dienone is 10. The van der Waals surface area contributed by atoms with Crippen LogP contribution in [-0.4, -0.2) is 96.0 Å². The smallest absolute Gasteiger partial charge is 0.306 e. The minimum atomic E-state index is -4.61. The van der Waals surface area contributed by atoms with E-state index in [2.05, 4.69) is 74.6 Å². The standard InChI is InChI=1S/C48H82O12S/c1-3-5-7-9-11-13-15-17-19-21-23-25-27-29-31-33-35-37-44(50)59-41(39-58-48-47(53)46(52)45(51)42(60-48)40-61(54,55)56)38-57-43(49)36-34-32-30-28-26-24-22-20-18-16-14-12-10-8-6-4-2/h5,7,11,13-14,16-17,19-20,22,41-42,45-48,51-53H,3-4,6,8-10,12,15,18,21,23-40H2,1-2H3,(H,54,55,56)/b7-5-,13-11-,16-14-,19-17-,22-20-. The van der Waals surface area contributed by atoms with Gasteiger partial charge in [0.15, 0.2) is 12.4 Å². The van der Waals surface area contributed by atoms with Gasteiger partial charge in [0.25, 0.3) is 10.1 Å². The lowest BCUT2D eigenvalue weighted by molar-refractivity contribution is -0.297. The lowest BCUT2D eigenvalue weighted by Crippen LogP contribution is -2.60. The first-order valence-corrected chi connectivity index (χ1v) is 25.0. The van der Waals surface area contributed by atoms with Gasteiger partial charge in [0.1, 0.15) is 36.8 Å². The number of esters is 2. The van der Waals surface area contributed by atoms with Crippen LogP contribution in [0.1, 0.15) is 174 Å². The van der Waals surface area contributed by atoms with E-state index in [0.717, 1.165) is 109 Å². The number of hydrogen-bond donors (Lipinski definition) is 4. The maximum Gasteiger partial charge on any atom is 0.306 e. The van der Waals surface area contributed by atoms with Crippen molar-refractivity contribution in [1.82, 2.24) is 0 Å². The van der Waals surface area contributed by atoms with Crippen LogP contribution in [0.2, 0.25) is 0 Å². The zero-order valence-corrected chi connectivity index (χ0v) is 38.3. The largest absolute Gasteiger partial charge is 0.462 e. The van der Waals surface area contributed by atoms with Crippen LogP contribution >= 0.6 is 0 Å². The Morgan fingerprint density at radius 1 is 0.574 bits per heavy atom. The third kappa shape index (κ3) is 32.7. The first-order valence-electron chi connectivity index (χ1n) is 23.3. The molecule has 0 aromatic carbocycles. The maximum absolute atomic E-state index is 12.8. The number of hydrogen-bond acceptors (Lipinski definition) is 11. The number of aliphatic hydroxyl groups is 3. The van der Waals surface area contributed by atoms with Gasteiger partial charge in [-0.3, -0.25) is 14.1 Å². The van der Waals surface area contributed by atoms with Crippen molar-refractivity contribution >= 4 is 22.1 Å². The van der Waals surface area contributed by atoms with Crippen molar-refractivity contribution in [2.24, 2.45) is 0 Å². The van der Waals surface area contributed by atoms with E-state index in [1.807, 2.05) is 0 Å². The second-order valence-corrected chi connectivity index (χ2v) is 17.5. The molecule has 6 atom stereocenters. The van der Waals surface area contributed by atoms with Gasteiger partial charge < -0.3 is 34.3 Å². The third-order valence-electron chi connectivity index (χ3n) is 10.3. The van der Waals surface area contributed by atoms with Crippen LogP contribution < -0.4 is 0 Å². The predicted molar refractivity (Wildman–Crippen MR) is 242 cm³/mol. The molecular weight excluding hydrogens is 801 g/mol. The zero-order chi connectivity index (χ0) is 44.8. The van der Waals surface area contributed by atoms with Crippen LogP contribution in [0.4, 0.5) is 0 Å². The Bertz CT molecular complexity index is 1360. The van der Waals surface area contributed by atoms with Crippen molar-refractivity contribution in [3.63, 3.8) is 0 Å². The summed E-state index contributed by atoms with van der Waals surface area (Å²) >= 11 is 0. The first-order chi connectivity index (χ1) is 29.5. The van der Waals surface area contributed by atoms with Gasteiger partial charge in [-0.2, -0.15) is 8.42 Å². The molecule has 1 aliphatic rings. The lowest BCUT2D eigenvalue weighted by Gasteiger charge is -2.40. The molecule has 6 unspecified atom stereocenters. The number of carbonyl (C=O) groups excluding carboxylic acids is 2. The monoisotopic (exact) mass is 883 g/mol. The van der Waals surface area contributed by atoms with E-state index in [1.165, 1.54) is 25.7 Å². The molecule has 1 rings (SSSR count). The Morgan fingerprint density at radius 3 is 1.54 bits per heavy atom. The molecule has 0 spiro atoms. The normalized spacial score (nSPS) is 20.5. The van der Waals surface area contributed by atoms with Crippen molar-refractivity contribution in [2.45, 2.75) is 211 Å². The number of aliphatic hydroxyl groups excluding tert-OH is 3. The number of unbranched alkanes of at least 4 members (excludes halogenated alkanes) is 16. The van der Waals surface area contributed by atoms with E-state index in [4.69, 9.17) is 18.9 Å². The molecule has 0 amide bonds. The summed E-state index contributed by atoms with van der Waals surface area (Å²) in [6.45, 7) is 3.61. The molecule has 1 saturated heterocycles. The molecule has 13 heteroatoms. The number of ether oxygens (including phenoxy) is 4. The van der Waals surface area contributed by atoms with Gasteiger partial charge in [0, 0.05) is 12.8 Å². The molecular formula is C48H82O12S. The highest BCUT2D eigenvalue weighted by atomic mass is 32.2. The highest BCUT2D eigenvalue weighted by Gasteiger charge is 2.46. The molecule has 0 radical (unpaired) electrons. The number of rotatable bonds is 38. The average Bonchev–Trinajstić information content (AvgIpc) is 3.22. The van der Waals surface area contributed by atoms with E-state index in [-0.39, 0.29) is 19.4 Å². The molecule has 1 fully saturated rings. The highest BCUT2D eigenvalue weighted by molar-refractivity contribution is 7.85. The van der Waals surface area contributed by atoms with Gasteiger partial charge in [-0.1, -0.05) is 145 Å². The Kier molecular flexibility index (Phi) is 35.0. The van der Waals surface area contributed by atoms with Crippen LogP contribution in [0.15, 0.2) is 60.8 Å². The van der Waals surface area contributed by atoms with Gasteiger partial charge in [-0.05, 0) is 77.0 Å². The fraction of sp³-hybridized carbons (Fsp3) is 0.750. The van der Waals surface area contributed by atoms with Crippen molar-refractivity contribution in [3.05, 3.63) is 60.8 Å². The summed E-state index contributed by atoms with van der Waals surface area (Å²) in [5.41, 5.74) is 0. The third-order valence-corrected chi connectivity index (χ3v) is 11.1. The van der Waals surface area contributed by atoms with E-state index < -0.39 is 71.2 Å². The second kappa shape index (κ2) is 37.9. The van der Waals surface area contributed by atoms with Crippen LogP contribution in [0, 0.1) is 0 Å². The van der Waals surface area contributed by atoms with E-state index in [1.54, 1.807) is 0 Å². The van der Waals surface area contributed by atoms with E-state index in [0.29, 0.717) is 12.8 Å². The Morgan fingerprint density at radius 2 is 1.03 bits per heavy atom. The van der Waals surface area contributed by atoms with Gasteiger partial charge in [0.05, 0.1) is 6.61 Å². The topological polar surface area (TPSA) is 186 Å². The lowest BCUT2D eigenvalue weighted by atomic mass is 10.00. The molecule has 0 aliphatic carbocycles. The van der Waals surface area contributed by atoms with Crippen LogP contribution in [0.5, 0.6) is 0 Å². The van der Waals surface area contributed by atoms with Gasteiger partial charge >= 0.3 is 11.9 Å². The fourth-order valence-corrected chi connectivity index (χ4v) is 7.41. The van der Waals surface area contributed by atoms with Crippen molar-refractivity contribution in [3.8, 4) is 0 Å². The molecule has 4 N–H and O–H groups in total. The van der Waals surface area contributed by atoms with Gasteiger partial charge in [0.2, 0.25) is 0 Å². The van der Waals surface area contributed by atoms with Crippen LogP contribution in [0.25, 0.3) is 0 Å². The second-order valence-electron chi connectivity index (χ2n) is 16.0. The van der Waals surface area contributed by atoms with E-state index in [9.17, 15) is 37.9 Å². The molecule has 352 valence electrons. The summed E-state index contributed by atoms with van der Waals surface area (Å²) < 4.78 is 54.1. The summed E-state index contributed by atoms with van der Waals surface area (Å²) in [5, 5.41) is 30.9. The minimum absolute atomic E-state index is 0.147. The molecule has 61 heavy (non-hydrogen) atoms. The molecule has 0 saturated carbocycles. The maximum atomic E-state index is 12.8. The predicted octanol–water partition coefficient (Wildman–Crippen LogP) is 9.73. The quantitative estimate of drug-likeness (QED) is 0.0199. The van der Waals surface area contributed by atoms with E-state index >= 15 is 0 Å². The summed E-state index contributed by atoms with van der Waals surface area (Å²) in [5.74, 6) is -2.02. The summed E-state index contributed by atoms with van der Waals surface area (Å²) in [6, 6.07) is 0. The average molecular weight is 883 g/mol. The Balaban J connectivity index is 2.45. The number of carbonyl (C=O) groups is 2. The Labute approximate surface area is 368 Å². The molecule has 0 bridgehead atoms. The first kappa shape index (κ1) is 56.4. The van der Waals surface area contributed by atoms with Crippen molar-refractivity contribution in [2.75, 3.05) is 19.0 Å². The molecule has 0 aromatic rings. The Hall–Kier alpha value is -2.65. The fourth-order valence-electron chi connectivity index (χ4n) is 6.72. The molecule has 1 heterocycles. The molecule has 1 aliphatic heterocycles. The highest BCUT2D eigenvalue weighted by Crippen LogP contribution is 2.24. The summed E-state index contributed by atoms with van der Waals surface area (Å²) in [4.78, 5) is 25.4. The summed E-state index contributed by atoms with van der Waals surface area (Å²) in [7, 11) is -4.61. The SMILES string of the molecule is CC/C=C\C/C=C\C/C=C\CCCCCCCCCC(=O)OC(COC(=O)CCCCCCC/C=C\C/C=C\CCCCCC)COC1OC(CS(=O)(=O)O)C(O)C(O)C1O. The minimum Gasteiger partial charge on any atom is -0.462 e. The van der Waals surface area contributed by atoms with Crippen LogP contribution in [-0.2, 0) is 38.7 Å². The van der Waals surface area contributed by atoms with Crippen molar-refractivity contribution < 1.29 is 56.8 Å². The van der Waals surface area contributed by atoms with Gasteiger partial charge in [-0.25, -0.2) is 0 Å². The van der Waals surface area contributed by atoms with Gasteiger partial charge in [-0.15, -0.1) is 0 Å². The molecule has 12 nitrogen and oxygen atoms in total.